The van der Waals surface area contributed by atoms with Gasteiger partial charge in [-0.2, -0.15) is 0 Å². The normalized spacial score (nSPS) is 10.5. The fourth-order valence-electron chi connectivity index (χ4n) is 1.75. The van der Waals surface area contributed by atoms with E-state index in [1.54, 1.807) is 18.0 Å². The molecule has 2 rings (SSSR count). The third kappa shape index (κ3) is 2.42. The second-order valence-electron chi connectivity index (χ2n) is 3.97. The van der Waals surface area contributed by atoms with E-state index in [1.165, 1.54) is 0 Å². The van der Waals surface area contributed by atoms with Gasteiger partial charge in [-0.25, -0.2) is 0 Å². The first-order valence-corrected chi connectivity index (χ1v) is 5.97. The van der Waals surface area contributed by atoms with E-state index in [0.717, 1.165) is 22.7 Å². The van der Waals surface area contributed by atoms with Gasteiger partial charge in [-0.3, -0.25) is 4.79 Å². The maximum absolute atomic E-state index is 10.6. The van der Waals surface area contributed by atoms with E-state index in [4.69, 9.17) is 0 Å². The highest BCUT2D eigenvalue weighted by Gasteiger charge is 2.05. The third-order valence-corrected chi connectivity index (χ3v) is 3.44. The van der Waals surface area contributed by atoms with Crippen LogP contribution in [0.1, 0.15) is 5.56 Å². The number of carbonyl (C=O) groups excluding carboxylic acids is 1. The van der Waals surface area contributed by atoms with Crippen LogP contribution in [-0.4, -0.2) is 23.5 Å². The Bertz CT molecular complexity index is 569. The third-order valence-electron chi connectivity index (χ3n) is 2.61. The molecule has 0 aliphatic carbocycles. The van der Waals surface area contributed by atoms with E-state index in [2.05, 4.69) is 15.9 Å². The number of benzene rings is 2. The Morgan fingerprint density at radius 1 is 1.35 bits per heavy atom. The van der Waals surface area contributed by atoms with E-state index in [1.807, 2.05) is 24.3 Å². The highest BCUT2D eigenvalue weighted by atomic mass is 79.9. The molecular weight excluding hydrogens is 282 g/mol. The summed E-state index contributed by atoms with van der Waals surface area (Å²) in [4.78, 5) is 12.1. The molecule has 2 aromatic rings. The first-order chi connectivity index (χ1) is 8.11. The molecule has 1 N–H and O–H groups in total. The summed E-state index contributed by atoms with van der Waals surface area (Å²) >= 11 is 3.35. The van der Waals surface area contributed by atoms with Crippen molar-refractivity contribution < 1.29 is 9.90 Å². The monoisotopic (exact) mass is 293 g/mol. The number of hydrogen-bond acceptors (Lipinski definition) is 2. The minimum Gasteiger partial charge on any atom is -0.507 e. The predicted octanol–water partition coefficient (Wildman–Crippen LogP) is 2.90. The molecule has 0 aliphatic rings. The molecule has 0 spiro atoms. The number of amides is 1. The molecule has 0 bridgehead atoms. The lowest BCUT2D eigenvalue weighted by Gasteiger charge is -2.11. The van der Waals surface area contributed by atoms with E-state index >= 15 is 0 Å². The van der Waals surface area contributed by atoms with Crippen LogP contribution in [0, 0.1) is 0 Å². The fraction of sp³-hybridized carbons (Fsp3) is 0.154. The van der Waals surface area contributed by atoms with Crippen molar-refractivity contribution in [3.63, 3.8) is 0 Å². The van der Waals surface area contributed by atoms with Crippen molar-refractivity contribution >= 4 is 33.1 Å². The van der Waals surface area contributed by atoms with Gasteiger partial charge >= 0.3 is 0 Å². The van der Waals surface area contributed by atoms with Gasteiger partial charge in [0.2, 0.25) is 6.41 Å². The van der Waals surface area contributed by atoms with Crippen LogP contribution in [0.5, 0.6) is 5.75 Å². The number of nitrogens with zero attached hydrogens (tertiary/aromatic N) is 1. The second-order valence-corrected chi connectivity index (χ2v) is 4.77. The lowest BCUT2D eigenvalue weighted by Crippen LogP contribution is -2.14. The molecule has 0 saturated heterocycles. The summed E-state index contributed by atoms with van der Waals surface area (Å²) in [6, 6.07) is 9.42. The molecule has 0 fully saturated rings. The maximum Gasteiger partial charge on any atom is 0.209 e. The number of halogens is 1. The molecule has 0 aromatic heterocycles. The van der Waals surface area contributed by atoms with Gasteiger partial charge in [0, 0.05) is 13.6 Å². The largest absolute Gasteiger partial charge is 0.507 e. The van der Waals surface area contributed by atoms with Crippen molar-refractivity contribution in [2.24, 2.45) is 0 Å². The Hall–Kier alpha value is -1.55. The molecule has 0 atom stereocenters. The van der Waals surface area contributed by atoms with Gasteiger partial charge in [-0.1, -0.05) is 18.2 Å². The Kier molecular flexibility index (Phi) is 3.33. The number of fused-ring (bicyclic) bond motifs is 1. The molecule has 1 amide bonds. The SMILES string of the molecule is CN(C=O)Cc1ccc2c(Br)c(O)ccc2c1. The van der Waals surface area contributed by atoms with Crippen molar-refractivity contribution in [2.75, 3.05) is 7.05 Å². The van der Waals surface area contributed by atoms with Gasteiger partial charge in [-0.15, -0.1) is 0 Å². The van der Waals surface area contributed by atoms with E-state index in [9.17, 15) is 9.90 Å². The van der Waals surface area contributed by atoms with Gasteiger partial charge in [0.05, 0.1) is 4.47 Å². The van der Waals surface area contributed by atoms with Crippen LogP contribution < -0.4 is 0 Å². The summed E-state index contributed by atoms with van der Waals surface area (Å²) in [6.45, 7) is 0.581. The summed E-state index contributed by atoms with van der Waals surface area (Å²) < 4.78 is 0.699. The van der Waals surface area contributed by atoms with Gasteiger partial charge < -0.3 is 10.0 Å². The van der Waals surface area contributed by atoms with Crippen LogP contribution >= 0.6 is 15.9 Å². The van der Waals surface area contributed by atoms with E-state index in [-0.39, 0.29) is 5.75 Å². The van der Waals surface area contributed by atoms with Crippen molar-refractivity contribution in [1.82, 2.24) is 4.90 Å². The summed E-state index contributed by atoms with van der Waals surface area (Å²) in [6.07, 6.45) is 0.803. The van der Waals surface area contributed by atoms with Gasteiger partial charge in [0.25, 0.3) is 0 Å². The van der Waals surface area contributed by atoms with Crippen LogP contribution in [0.15, 0.2) is 34.8 Å². The lowest BCUT2D eigenvalue weighted by atomic mass is 10.1. The Labute approximate surface area is 108 Å². The summed E-state index contributed by atoms with van der Waals surface area (Å²) in [5.41, 5.74) is 1.06. The molecule has 88 valence electrons. The molecule has 0 unspecified atom stereocenters. The van der Waals surface area contributed by atoms with Crippen LogP contribution in [0.25, 0.3) is 10.8 Å². The number of aromatic hydroxyl groups is 1. The van der Waals surface area contributed by atoms with Crippen LogP contribution in [0.4, 0.5) is 0 Å². The summed E-state index contributed by atoms with van der Waals surface area (Å²) in [5, 5.41) is 11.6. The topological polar surface area (TPSA) is 40.5 Å². The summed E-state index contributed by atoms with van der Waals surface area (Å²) in [7, 11) is 1.74. The standard InChI is InChI=1S/C13H12BrNO2/c1-15(8-16)7-9-2-4-11-10(6-9)3-5-12(17)13(11)14/h2-6,8,17H,7H2,1H3. The fourth-order valence-corrected chi connectivity index (χ4v) is 2.25. The highest BCUT2D eigenvalue weighted by Crippen LogP contribution is 2.32. The molecule has 4 heteroatoms. The zero-order valence-electron chi connectivity index (χ0n) is 9.35. The Balaban J connectivity index is 2.45. The molecule has 0 aliphatic heterocycles. The number of rotatable bonds is 3. The first-order valence-electron chi connectivity index (χ1n) is 5.17. The Morgan fingerprint density at radius 2 is 2.12 bits per heavy atom. The maximum atomic E-state index is 10.6. The van der Waals surface area contributed by atoms with Crippen LogP contribution in [0.3, 0.4) is 0 Å². The molecular formula is C13H12BrNO2. The number of phenols is 1. The van der Waals surface area contributed by atoms with Crippen molar-refractivity contribution in [1.29, 1.82) is 0 Å². The van der Waals surface area contributed by atoms with Crippen molar-refractivity contribution in [3.05, 3.63) is 40.4 Å². The zero-order chi connectivity index (χ0) is 12.4. The number of phenolic OH excluding ortho intramolecular Hbond substituents is 1. The average Bonchev–Trinajstić information content (AvgIpc) is 2.34. The molecule has 0 heterocycles. The van der Waals surface area contributed by atoms with Crippen LogP contribution in [-0.2, 0) is 11.3 Å². The second kappa shape index (κ2) is 4.75. The lowest BCUT2D eigenvalue weighted by molar-refractivity contribution is -0.117. The van der Waals surface area contributed by atoms with Gasteiger partial charge in [-0.05, 0) is 44.4 Å². The summed E-state index contributed by atoms with van der Waals surface area (Å²) in [5.74, 6) is 0.232. The highest BCUT2D eigenvalue weighted by molar-refractivity contribution is 9.10. The molecule has 2 aromatic carbocycles. The minimum absolute atomic E-state index is 0.232. The smallest absolute Gasteiger partial charge is 0.209 e. The predicted molar refractivity (Wildman–Crippen MR) is 70.8 cm³/mol. The first kappa shape index (κ1) is 11.9. The number of hydrogen-bond donors (Lipinski definition) is 1. The molecule has 17 heavy (non-hydrogen) atoms. The van der Waals surface area contributed by atoms with Gasteiger partial charge in [0.1, 0.15) is 5.75 Å². The quantitative estimate of drug-likeness (QED) is 0.884. The molecule has 0 saturated carbocycles. The van der Waals surface area contributed by atoms with Gasteiger partial charge in [0.15, 0.2) is 0 Å². The number of carbonyl (C=O) groups is 1. The molecule has 0 radical (unpaired) electrons. The average molecular weight is 294 g/mol. The van der Waals surface area contributed by atoms with Crippen LogP contribution in [0.2, 0.25) is 0 Å². The minimum atomic E-state index is 0.232. The molecule has 3 nitrogen and oxygen atoms in total. The van der Waals surface area contributed by atoms with E-state index < -0.39 is 0 Å². The zero-order valence-corrected chi connectivity index (χ0v) is 10.9. The Morgan fingerprint density at radius 3 is 2.82 bits per heavy atom. The van der Waals surface area contributed by atoms with Crippen molar-refractivity contribution in [3.8, 4) is 5.75 Å². The van der Waals surface area contributed by atoms with E-state index in [0.29, 0.717) is 11.0 Å². The van der Waals surface area contributed by atoms with Crippen molar-refractivity contribution in [2.45, 2.75) is 6.54 Å².